The molecule has 1 heterocycles. The molecule has 1 aliphatic heterocycles. The van der Waals surface area contributed by atoms with Gasteiger partial charge in [0.25, 0.3) is 0 Å². The number of rotatable bonds is 6. The summed E-state index contributed by atoms with van der Waals surface area (Å²) in [4.78, 5) is 0. The first-order valence-electron chi connectivity index (χ1n) is 5.75. The minimum absolute atomic E-state index is 0.276. The molecular weight excluding hydrogens is 194 g/mol. The van der Waals surface area contributed by atoms with Crippen molar-refractivity contribution >= 4 is 0 Å². The molecule has 0 aliphatic carbocycles. The second kappa shape index (κ2) is 6.43. The minimum Gasteiger partial charge on any atom is -0.388 e. The Hall–Kier alpha value is -0.160. The van der Waals surface area contributed by atoms with Gasteiger partial charge in [0.05, 0.1) is 18.3 Å². The van der Waals surface area contributed by atoms with Gasteiger partial charge >= 0.3 is 0 Å². The molecule has 0 aromatic heterocycles. The van der Waals surface area contributed by atoms with Crippen molar-refractivity contribution in [3.8, 4) is 0 Å². The largest absolute Gasteiger partial charge is 0.388 e. The van der Waals surface area contributed by atoms with Gasteiger partial charge in [-0.3, -0.25) is 0 Å². The van der Waals surface area contributed by atoms with Crippen LogP contribution in [0.2, 0.25) is 0 Å². The highest BCUT2D eigenvalue weighted by Crippen LogP contribution is 2.18. The van der Waals surface area contributed by atoms with Gasteiger partial charge in [0.1, 0.15) is 0 Å². The van der Waals surface area contributed by atoms with Gasteiger partial charge in [-0.2, -0.15) is 0 Å². The molecule has 0 unspecified atom stereocenters. The summed E-state index contributed by atoms with van der Waals surface area (Å²) in [7, 11) is 0. The van der Waals surface area contributed by atoms with Gasteiger partial charge < -0.3 is 19.9 Å². The van der Waals surface area contributed by atoms with E-state index in [9.17, 15) is 5.11 Å². The van der Waals surface area contributed by atoms with E-state index in [4.69, 9.17) is 9.47 Å². The highest BCUT2D eigenvalue weighted by Gasteiger charge is 2.28. The summed E-state index contributed by atoms with van der Waals surface area (Å²) in [6, 6.07) is 0. The molecule has 1 rings (SSSR count). The molecule has 90 valence electrons. The van der Waals surface area contributed by atoms with E-state index in [1.165, 1.54) is 0 Å². The van der Waals surface area contributed by atoms with E-state index < -0.39 is 5.60 Å². The van der Waals surface area contributed by atoms with Crippen LogP contribution in [-0.2, 0) is 9.47 Å². The number of ether oxygens (including phenoxy) is 2. The summed E-state index contributed by atoms with van der Waals surface area (Å²) in [6.07, 6.45) is 1.73. The molecule has 15 heavy (non-hydrogen) atoms. The van der Waals surface area contributed by atoms with Crippen LogP contribution in [0.3, 0.4) is 0 Å². The van der Waals surface area contributed by atoms with Gasteiger partial charge in [-0.1, -0.05) is 0 Å². The van der Waals surface area contributed by atoms with E-state index in [1.54, 1.807) is 0 Å². The number of hydrogen-bond acceptors (Lipinski definition) is 4. The van der Waals surface area contributed by atoms with Crippen molar-refractivity contribution in [2.75, 3.05) is 32.9 Å². The van der Waals surface area contributed by atoms with Crippen molar-refractivity contribution in [3.63, 3.8) is 0 Å². The van der Waals surface area contributed by atoms with Crippen LogP contribution in [0.15, 0.2) is 0 Å². The lowest BCUT2D eigenvalue weighted by Crippen LogP contribution is -2.45. The van der Waals surface area contributed by atoms with Crippen molar-refractivity contribution in [2.45, 2.75) is 38.4 Å². The van der Waals surface area contributed by atoms with Crippen molar-refractivity contribution in [1.29, 1.82) is 0 Å². The van der Waals surface area contributed by atoms with E-state index in [0.717, 1.165) is 19.4 Å². The molecule has 4 heteroatoms. The second-order valence-corrected chi connectivity index (χ2v) is 4.43. The first-order valence-corrected chi connectivity index (χ1v) is 5.75. The maximum absolute atomic E-state index is 10.1. The van der Waals surface area contributed by atoms with E-state index >= 15 is 0 Å². The van der Waals surface area contributed by atoms with Gasteiger partial charge in [-0.05, 0) is 13.8 Å². The third-order valence-electron chi connectivity index (χ3n) is 2.61. The Morgan fingerprint density at radius 2 is 2.07 bits per heavy atom. The van der Waals surface area contributed by atoms with Gasteiger partial charge in [0.15, 0.2) is 0 Å². The van der Waals surface area contributed by atoms with Crippen LogP contribution in [0.1, 0.15) is 26.7 Å². The topological polar surface area (TPSA) is 50.7 Å². The molecule has 4 nitrogen and oxygen atoms in total. The maximum Gasteiger partial charge on any atom is 0.0815 e. The van der Waals surface area contributed by atoms with Crippen LogP contribution in [0.5, 0.6) is 0 Å². The first kappa shape index (κ1) is 12.9. The van der Waals surface area contributed by atoms with Crippen molar-refractivity contribution in [1.82, 2.24) is 5.32 Å². The average molecular weight is 217 g/mol. The Morgan fingerprint density at radius 3 is 2.67 bits per heavy atom. The Bertz CT molecular complexity index is 167. The van der Waals surface area contributed by atoms with Gasteiger partial charge in [0, 0.05) is 39.1 Å². The molecule has 0 aromatic rings. The molecule has 1 fully saturated rings. The summed E-state index contributed by atoms with van der Waals surface area (Å²) in [5, 5.41) is 13.3. The van der Waals surface area contributed by atoms with Gasteiger partial charge in [-0.25, -0.2) is 0 Å². The van der Waals surface area contributed by atoms with Gasteiger partial charge in [-0.15, -0.1) is 0 Å². The van der Waals surface area contributed by atoms with Crippen molar-refractivity contribution in [3.05, 3.63) is 0 Å². The zero-order chi connectivity index (χ0) is 11.1. The maximum atomic E-state index is 10.1. The summed E-state index contributed by atoms with van der Waals surface area (Å²) < 4.78 is 10.6. The summed E-state index contributed by atoms with van der Waals surface area (Å²) in [5.74, 6) is 0. The normalized spacial score (nSPS) is 20.8. The van der Waals surface area contributed by atoms with Crippen molar-refractivity contribution in [2.24, 2.45) is 0 Å². The van der Waals surface area contributed by atoms with E-state index in [-0.39, 0.29) is 6.10 Å². The molecule has 0 radical (unpaired) electrons. The predicted molar refractivity (Wildman–Crippen MR) is 59.0 cm³/mol. The Labute approximate surface area is 92.0 Å². The summed E-state index contributed by atoms with van der Waals surface area (Å²) in [5.41, 5.74) is -0.573. The van der Waals surface area contributed by atoms with Crippen LogP contribution in [-0.4, -0.2) is 49.7 Å². The van der Waals surface area contributed by atoms with E-state index in [1.807, 2.05) is 13.8 Å². The molecule has 0 saturated carbocycles. The highest BCUT2D eigenvalue weighted by atomic mass is 16.5. The molecule has 2 N–H and O–H groups in total. The van der Waals surface area contributed by atoms with Crippen LogP contribution in [0, 0.1) is 0 Å². The lowest BCUT2D eigenvalue weighted by Gasteiger charge is -2.32. The summed E-state index contributed by atoms with van der Waals surface area (Å²) >= 11 is 0. The molecular formula is C11H23NO3. The van der Waals surface area contributed by atoms with Crippen LogP contribution in [0.25, 0.3) is 0 Å². The predicted octanol–water partition coefficient (Wildman–Crippen LogP) is 0.542. The highest BCUT2D eigenvalue weighted by molar-refractivity contribution is 4.83. The third kappa shape index (κ3) is 5.47. The molecule has 0 aromatic carbocycles. The smallest absolute Gasteiger partial charge is 0.0815 e. The van der Waals surface area contributed by atoms with E-state index in [2.05, 4.69) is 5.32 Å². The average Bonchev–Trinajstić information content (AvgIpc) is 2.17. The Morgan fingerprint density at radius 1 is 1.40 bits per heavy atom. The fourth-order valence-corrected chi connectivity index (χ4v) is 1.62. The van der Waals surface area contributed by atoms with Crippen molar-refractivity contribution < 1.29 is 14.6 Å². The molecule has 0 atom stereocenters. The van der Waals surface area contributed by atoms with E-state index in [0.29, 0.717) is 26.4 Å². The number of nitrogens with one attached hydrogen (secondary N) is 1. The lowest BCUT2D eigenvalue weighted by molar-refractivity contribution is -0.0622. The van der Waals surface area contributed by atoms with Crippen LogP contribution < -0.4 is 5.32 Å². The zero-order valence-electron chi connectivity index (χ0n) is 9.79. The molecule has 0 spiro atoms. The minimum atomic E-state index is -0.573. The monoisotopic (exact) mass is 217 g/mol. The number of hydrogen-bond donors (Lipinski definition) is 2. The lowest BCUT2D eigenvalue weighted by atomic mass is 9.94. The fraction of sp³-hybridized carbons (Fsp3) is 1.00. The Kier molecular flexibility index (Phi) is 5.53. The third-order valence-corrected chi connectivity index (χ3v) is 2.61. The van der Waals surface area contributed by atoms with Crippen LogP contribution in [0.4, 0.5) is 0 Å². The standard InChI is InChI=1S/C11H23NO3/c1-10(2)15-8-5-12-9-11(13)3-6-14-7-4-11/h10,12-13H,3-9H2,1-2H3. The molecule has 1 aliphatic rings. The Balaban J connectivity index is 2.03. The quantitative estimate of drug-likeness (QED) is 0.638. The van der Waals surface area contributed by atoms with Crippen LogP contribution >= 0.6 is 0 Å². The fourth-order valence-electron chi connectivity index (χ4n) is 1.62. The second-order valence-electron chi connectivity index (χ2n) is 4.43. The molecule has 0 bridgehead atoms. The molecule has 1 saturated heterocycles. The molecule has 0 amide bonds. The summed E-state index contributed by atoms with van der Waals surface area (Å²) in [6.45, 7) is 7.50. The van der Waals surface area contributed by atoms with Gasteiger partial charge in [0.2, 0.25) is 0 Å². The zero-order valence-corrected chi connectivity index (χ0v) is 9.79. The SMILES string of the molecule is CC(C)OCCNCC1(O)CCOCC1. The number of aliphatic hydroxyl groups is 1. The first-order chi connectivity index (χ1) is 7.12.